The van der Waals surface area contributed by atoms with Gasteiger partial charge in [0.15, 0.2) is 0 Å². The maximum absolute atomic E-state index is 12.6. The van der Waals surface area contributed by atoms with Crippen LogP contribution in [0.2, 0.25) is 0 Å². The van der Waals surface area contributed by atoms with Crippen LogP contribution in [-0.4, -0.2) is 50.4 Å². The standard InChI is InChI=1S/C14H18F2N2O4S/c1-9-7-18(8-10(2)22-9)14(19)17-11-4-3-5-12(6-11)23(20,21)13(15)16/h3-6,9-10,13H,7-8H2,1-2H3,(H,17,19)/t9-,10-/m1/s1. The number of benzene rings is 1. The molecule has 2 rings (SSSR count). The lowest BCUT2D eigenvalue weighted by atomic mass is 10.2. The van der Waals surface area contributed by atoms with Crippen LogP contribution in [0.3, 0.4) is 0 Å². The molecule has 0 saturated carbocycles. The van der Waals surface area contributed by atoms with E-state index in [1.54, 1.807) is 0 Å². The number of ether oxygens (including phenoxy) is 1. The molecule has 0 unspecified atom stereocenters. The molecule has 6 nitrogen and oxygen atoms in total. The second kappa shape index (κ2) is 6.79. The zero-order valence-corrected chi connectivity index (χ0v) is 13.5. The number of carbonyl (C=O) groups excluding carboxylic acids is 1. The number of hydrogen-bond donors (Lipinski definition) is 1. The number of morpholine rings is 1. The molecule has 1 aromatic rings. The van der Waals surface area contributed by atoms with Crippen molar-refractivity contribution < 1.29 is 26.7 Å². The molecule has 1 aliphatic rings. The number of nitrogens with one attached hydrogen (secondary N) is 1. The van der Waals surface area contributed by atoms with Crippen molar-refractivity contribution in [3.05, 3.63) is 24.3 Å². The highest BCUT2D eigenvalue weighted by atomic mass is 32.2. The second-order valence-corrected chi connectivity index (χ2v) is 7.34. The molecule has 1 fully saturated rings. The van der Waals surface area contributed by atoms with Crippen molar-refractivity contribution in [2.45, 2.75) is 36.7 Å². The maximum Gasteiger partial charge on any atom is 0.341 e. The van der Waals surface area contributed by atoms with Gasteiger partial charge in [-0.15, -0.1) is 0 Å². The molecule has 2 amide bonds. The van der Waals surface area contributed by atoms with Gasteiger partial charge in [-0.3, -0.25) is 0 Å². The van der Waals surface area contributed by atoms with E-state index in [1.165, 1.54) is 17.0 Å². The van der Waals surface area contributed by atoms with Crippen LogP contribution in [0.5, 0.6) is 0 Å². The van der Waals surface area contributed by atoms with Gasteiger partial charge in [-0.25, -0.2) is 13.2 Å². The Hall–Kier alpha value is -1.74. The summed E-state index contributed by atoms with van der Waals surface area (Å²) in [5.41, 5.74) is 0.142. The molecule has 0 spiro atoms. The topological polar surface area (TPSA) is 75.7 Å². The van der Waals surface area contributed by atoms with E-state index in [4.69, 9.17) is 4.74 Å². The predicted molar refractivity (Wildman–Crippen MR) is 80.2 cm³/mol. The summed E-state index contributed by atoms with van der Waals surface area (Å²) in [6.45, 7) is 4.47. The van der Waals surface area contributed by atoms with Gasteiger partial charge in [0.25, 0.3) is 0 Å². The number of sulfone groups is 1. The van der Waals surface area contributed by atoms with E-state index in [2.05, 4.69) is 5.32 Å². The monoisotopic (exact) mass is 348 g/mol. The number of alkyl halides is 2. The minimum atomic E-state index is -4.70. The van der Waals surface area contributed by atoms with E-state index in [0.29, 0.717) is 13.1 Å². The van der Waals surface area contributed by atoms with Crippen LogP contribution < -0.4 is 5.32 Å². The average molecular weight is 348 g/mol. The Morgan fingerprint density at radius 3 is 2.48 bits per heavy atom. The fourth-order valence-corrected chi connectivity index (χ4v) is 3.17. The van der Waals surface area contributed by atoms with Gasteiger partial charge in [-0.2, -0.15) is 8.78 Å². The van der Waals surface area contributed by atoms with Crippen LogP contribution in [0.4, 0.5) is 19.3 Å². The highest BCUT2D eigenvalue weighted by Crippen LogP contribution is 2.22. The van der Waals surface area contributed by atoms with Gasteiger partial charge in [0, 0.05) is 18.8 Å². The summed E-state index contributed by atoms with van der Waals surface area (Å²) in [6, 6.07) is 4.40. The smallest absolute Gasteiger partial charge is 0.341 e. The average Bonchev–Trinajstić information content (AvgIpc) is 2.46. The zero-order valence-electron chi connectivity index (χ0n) is 12.7. The maximum atomic E-state index is 12.6. The third-order valence-electron chi connectivity index (χ3n) is 3.36. The Labute approximate surface area is 133 Å². The lowest BCUT2D eigenvalue weighted by molar-refractivity contribution is -0.0530. The van der Waals surface area contributed by atoms with Crippen LogP contribution in [0.15, 0.2) is 29.2 Å². The quantitative estimate of drug-likeness (QED) is 0.910. The van der Waals surface area contributed by atoms with E-state index in [-0.39, 0.29) is 17.9 Å². The molecular formula is C14H18F2N2O4S. The van der Waals surface area contributed by atoms with E-state index in [9.17, 15) is 22.0 Å². The number of rotatable bonds is 3. The van der Waals surface area contributed by atoms with Crippen molar-refractivity contribution in [3.63, 3.8) is 0 Å². The molecule has 1 saturated heterocycles. The van der Waals surface area contributed by atoms with Crippen LogP contribution >= 0.6 is 0 Å². The van der Waals surface area contributed by atoms with Gasteiger partial charge in [0.05, 0.1) is 17.1 Å². The molecular weight excluding hydrogens is 330 g/mol. The summed E-state index contributed by atoms with van der Waals surface area (Å²) < 4.78 is 53.6. The van der Waals surface area contributed by atoms with Gasteiger partial charge in [-0.05, 0) is 32.0 Å². The van der Waals surface area contributed by atoms with Crippen LogP contribution in [-0.2, 0) is 14.6 Å². The molecule has 9 heteroatoms. The molecule has 23 heavy (non-hydrogen) atoms. The summed E-state index contributed by atoms with van der Waals surface area (Å²) >= 11 is 0. The Morgan fingerprint density at radius 2 is 1.91 bits per heavy atom. The van der Waals surface area contributed by atoms with Gasteiger partial charge in [0.1, 0.15) is 0 Å². The van der Waals surface area contributed by atoms with Gasteiger partial charge in [-0.1, -0.05) is 6.07 Å². The first-order valence-corrected chi connectivity index (χ1v) is 8.58. The molecule has 2 atom stereocenters. The van der Waals surface area contributed by atoms with Crippen LogP contribution in [0.1, 0.15) is 13.8 Å². The third-order valence-corrected chi connectivity index (χ3v) is 4.74. The molecule has 128 valence electrons. The first-order chi connectivity index (χ1) is 10.7. The highest BCUT2D eigenvalue weighted by molar-refractivity contribution is 7.91. The highest BCUT2D eigenvalue weighted by Gasteiger charge is 2.28. The second-order valence-electron chi connectivity index (χ2n) is 5.43. The fraction of sp³-hybridized carbons (Fsp3) is 0.500. The molecule has 1 aliphatic heterocycles. The molecule has 0 radical (unpaired) electrons. The van der Waals surface area contributed by atoms with Crippen LogP contribution in [0, 0.1) is 0 Å². The summed E-state index contributed by atoms with van der Waals surface area (Å²) in [6.07, 6.45) is -0.231. The molecule has 0 aliphatic carbocycles. The van der Waals surface area contributed by atoms with E-state index in [1.807, 2.05) is 13.8 Å². The lowest BCUT2D eigenvalue weighted by Gasteiger charge is -2.35. The van der Waals surface area contributed by atoms with Crippen molar-refractivity contribution >= 4 is 21.6 Å². The van der Waals surface area contributed by atoms with E-state index in [0.717, 1.165) is 12.1 Å². The molecule has 1 N–H and O–H groups in total. The molecule has 0 aromatic heterocycles. The summed E-state index contributed by atoms with van der Waals surface area (Å²) in [5.74, 6) is -3.51. The van der Waals surface area contributed by atoms with E-state index < -0.39 is 26.5 Å². The summed E-state index contributed by atoms with van der Waals surface area (Å²) in [5, 5.41) is 2.53. The summed E-state index contributed by atoms with van der Waals surface area (Å²) in [4.78, 5) is 13.2. The number of carbonyl (C=O) groups is 1. The van der Waals surface area contributed by atoms with Crippen molar-refractivity contribution in [1.29, 1.82) is 0 Å². The number of urea groups is 1. The third kappa shape index (κ3) is 4.17. The normalized spacial score (nSPS) is 22.2. The molecule has 0 bridgehead atoms. The van der Waals surface area contributed by atoms with Gasteiger partial charge in [0.2, 0.25) is 9.84 Å². The minimum absolute atomic E-state index is 0.116. The number of anilines is 1. The Morgan fingerprint density at radius 1 is 1.30 bits per heavy atom. The zero-order chi connectivity index (χ0) is 17.2. The SMILES string of the molecule is C[C@@H]1CN(C(=O)Nc2cccc(S(=O)(=O)C(F)F)c2)C[C@@H](C)O1. The minimum Gasteiger partial charge on any atom is -0.372 e. The number of nitrogens with zero attached hydrogens (tertiary/aromatic N) is 1. The van der Waals surface area contributed by atoms with Crippen molar-refractivity contribution in [1.82, 2.24) is 4.90 Å². The van der Waals surface area contributed by atoms with Gasteiger partial charge < -0.3 is 15.0 Å². The Kier molecular flexibility index (Phi) is 5.20. The lowest BCUT2D eigenvalue weighted by Crippen LogP contribution is -2.49. The van der Waals surface area contributed by atoms with Crippen molar-refractivity contribution in [3.8, 4) is 0 Å². The largest absolute Gasteiger partial charge is 0.372 e. The molecule has 1 heterocycles. The van der Waals surface area contributed by atoms with Crippen molar-refractivity contribution in [2.75, 3.05) is 18.4 Å². The van der Waals surface area contributed by atoms with Gasteiger partial charge >= 0.3 is 11.8 Å². The fourth-order valence-electron chi connectivity index (χ4n) is 2.40. The Balaban J connectivity index is 2.13. The van der Waals surface area contributed by atoms with E-state index >= 15 is 0 Å². The number of hydrogen-bond acceptors (Lipinski definition) is 4. The predicted octanol–water partition coefficient (Wildman–Crippen LogP) is 2.32. The number of halogens is 2. The summed E-state index contributed by atoms with van der Waals surface area (Å²) in [7, 11) is -4.70. The Bertz CT molecular complexity index is 671. The van der Waals surface area contributed by atoms with Crippen LogP contribution in [0.25, 0.3) is 0 Å². The first-order valence-electron chi connectivity index (χ1n) is 7.03. The molecule has 1 aromatic carbocycles. The van der Waals surface area contributed by atoms with Crippen molar-refractivity contribution in [2.24, 2.45) is 0 Å². The first kappa shape index (κ1) is 17.6. The number of amides is 2.